The number of likely N-dealkylation sites (tertiary alicyclic amines) is 1. The number of hydrogen-bond donors (Lipinski definition) is 0. The number of methoxy groups -OCH3 is 1. The summed E-state index contributed by atoms with van der Waals surface area (Å²) in [5, 5.41) is 9.88. The average molecular weight is 491 g/mol. The number of fused-ring (bicyclic) bond motifs is 1. The quantitative estimate of drug-likeness (QED) is 0.389. The van der Waals surface area contributed by atoms with Crippen LogP contribution in [0, 0.1) is 23.2 Å². The van der Waals surface area contributed by atoms with Gasteiger partial charge in [-0.05, 0) is 48.9 Å². The van der Waals surface area contributed by atoms with Crippen LogP contribution in [0.5, 0.6) is 5.75 Å². The maximum Gasteiger partial charge on any atom is 0.294 e. The number of carbonyl (C=O) groups excluding carboxylic acids is 3. The Morgan fingerprint density at radius 3 is 2.36 bits per heavy atom. The van der Waals surface area contributed by atoms with Crippen molar-refractivity contribution in [1.29, 1.82) is 5.26 Å². The van der Waals surface area contributed by atoms with Gasteiger partial charge in [0, 0.05) is 44.8 Å². The number of halogens is 1. The predicted molar refractivity (Wildman–Crippen MR) is 131 cm³/mol. The number of carbonyl (C=O) groups is 3. The minimum Gasteiger partial charge on any atom is -0.496 e. The van der Waals surface area contributed by atoms with Crippen LogP contribution in [0.15, 0.2) is 42.6 Å². The lowest BCUT2D eigenvalue weighted by Gasteiger charge is -2.32. The Hall–Kier alpha value is -4.19. The van der Waals surface area contributed by atoms with E-state index in [0.29, 0.717) is 29.9 Å². The molecule has 0 unspecified atom stereocenters. The second-order valence-electron chi connectivity index (χ2n) is 9.18. The van der Waals surface area contributed by atoms with Gasteiger partial charge >= 0.3 is 0 Å². The number of piperidine rings is 1. The van der Waals surface area contributed by atoms with Gasteiger partial charge < -0.3 is 14.5 Å². The molecule has 0 atom stereocenters. The van der Waals surface area contributed by atoms with Gasteiger partial charge in [-0.2, -0.15) is 5.26 Å². The number of likely N-dealkylation sites (N-methyl/N-ethyl adjacent to an activating group) is 1. The van der Waals surface area contributed by atoms with Crippen molar-refractivity contribution in [2.24, 2.45) is 5.92 Å². The number of ketones is 1. The van der Waals surface area contributed by atoms with Gasteiger partial charge in [-0.15, -0.1) is 0 Å². The minimum atomic E-state index is -0.760. The van der Waals surface area contributed by atoms with E-state index in [1.807, 2.05) is 6.19 Å². The fourth-order valence-corrected chi connectivity index (χ4v) is 4.63. The highest BCUT2D eigenvalue weighted by Gasteiger charge is 2.29. The molecule has 0 spiro atoms. The molecule has 4 rings (SSSR count). The number of Topliss-reactive ketones (excluding diaryl/α,β-unsaturated/α-hetero) is 1. The standard InChI is InChI=1S/C27H27FN4O4/c1-30(2)27(35)25(33)22-15-32(16-29)23-14-24(36-3)21(13-20(22)23)26(34)31-10-8-18(9-11-31)12-17-4-6-19(28)7-5-17/h4-7,13-15,18H,8-12H2,1-3H3. The van der Waals surface area contributed by atoms with Crippen LogP contribution in [0.3, 0.4) is 0 Å². The number of nitriles is 1. The number of nitrogens with zero attached hydrogens (tertiary/aromatic N) is 4. The van der Waals surface area contributed by atoms with Gasteiger partial charge in [0.1, 0.15) is 11.6 Å². The van der Waals surface area contributed by atoms with E-state index in [2.05, 4.69) is 0 Å². The lowest BCUT2D eigenvalue weighted by Crippen LogP contribution is -2.39. The molecule has 1 aliphatic rings. The van der Waals surface area contributed by atoms with E-state index in [1.165, 1.54) is 55.1 Å². The van der Waals surface area contributed by atoms with Gasteiger partial charge in [-0.25, -0.2) is 4.39 Å². The first kappa shape index (κ1) is 24.9. The topological polar surface area (TPSA) is 95.6 Å². The zero-order valence-corrected chi connectivity index (χ0v) is 20.5. The number of amides is 2. The Kier molecular flexibility index (Phi) is 7.06. The fraction of sp³-hybridized carbons (Fsp3) is 0.333. The third kappa shape index (κ3) is 4.80. The molecule has 9 heteroatoms. The van der Waals surface area contributed by atoms with Crippen LogP contribution >= 0.6 is 0 Å². The van der Waals surface area contributed by atoms with E-state index in [4.69, 9.17) is 4.74 Å². The van der Waals surface area contributed by atoms with Crippen LogP contribution in [0.25, 0.3) is 10.9 Å². The van der Waals surface area contributed by atoms with Gasteiger partial charge in [0.2, 0.25) is 0 Å². The summed E-state index contributed by atoms with van der Waals surface area (Å²) in [6.45, 7) is 1.10. The Bertz CT molecular complexity index is 1360. The molecule has 2 aromatic carbocycles. The van der Waals surface area contributed by atoms with Gasteiger partial charge in [0.05, 0.1) is 23.8 Å². The van der Waals surface area contributed by atoms with E-state index in [-0.39, 0.29) is 28.6 Å². The number of rotatable bonds is 6. The van der Waals surface area contributed by atoms with Crippen molar-refractivity contribution in [2.45, 2.75) is 19.3 Å². The highest BCUT2D eigenvalue weighted by Crippen LogP contribution is 2.32. The highest BCUT2D eigenvalue weighted by molar-refractivity contribution is 6.44. The van der Waals surface area contributed by atoms with Crippen LogP contribution < -0.4 is 4.74 Å². The largest absolute Gasteiger partial charge is 0.496 e. The first-order valence-corrected chi connectivity index (χ1v) is 11.7. The van der Waals surface area contributed by atoms with Crippen molar-refractivity contribution in [3.8, 4) is 11.9 Å². The second-order valence-corrected chi connectivity index (χ2v) is 9.18. The fourth-order valence-electron chi connectivity index (χ4n) is 4.63. The van der Waals surface area contributed by atoms with E-state index >= 15 is 0 Å². The summed E-state index contributed by atoms with van der Waals surface area (Å²) in [6.07, 6.45) is 5.72. The average Bonchev–Trinajstić information content (AvgIpc) is 3.25. The third-order valence-corrected chi connectivity index (χ3v) is 6.65. The SMILES string of the molecule is COc1cc2c(cc1C(=O)N1CCC(Cc3ccc(F)cc3)CC1)c(C(=O)C(=O)N(C)C)cn2C#N. The summed E-state index contributed by atoms with van der Waals surface area (Å²) >= 11 is 0. The number of ether oxygens (including phenoxy) is 1. The molecular formula is C27H27FN4O4. The molecular weight excluding hydrogens is 463 g/mol. The van der Waals surface area contributed by atoms with E-state index in [9.17, 15) is 24.0 Å². The van der Waals surface area contributed by atoms with Crippen molar-refractivity contribution < 1.29 is 23.5 Å². The molecule has 0 bridgehead atoms. The molecule has 0 saturated carbocycles. The summed E-state index contributed by atoms with van der Waals surface area (Å²) in [7, 11) is 4.39. The first-order valence-electron chi connectivity index (χ1n) is 11.7. The van der Waals surface area contributed by atoms with Gasteiger partial charge in [-0.1, -0.05) is 12.1 Å². The zero-order chi connectivity index (χ0) is 26.0. The number of hydrogen-bond acceptors (Lipinski definition) is 5. The molecule has 1 aliphatic heterocycles. The van der Waals surface area contributed by atoms with Crippen LogP contribution in [0.1, 0.15) is 39.1 Å². The molecule has 2 amide bonds. The maximum atomic E-state index is 13.5. The molecule has 1 aromatic heterocycles. The van der Waals surface area contributed by atoms with Crippen LogP contribution in [0.2, 0.25) is 0 Å². The molecule has 1 saturated heterocycles. The van der Waals surface area contributed by atoms with Crippen LogP contribution in [0.4, 0.5) is 4.39 Å². The summed E-state index contributed by atoms with van der Waals surface area (Å²) in [6, 6.07) is 9.58. The molecule has 1 fully saturated rings. The summed E-state index contributed by atoms with van der Waals surface area (Å²) in [4.78, 5) is 41.5. The van der Waals surface area contributed by atoms with Crippen molar-refractivity contribution in [1.82, 2.24) is 14.4 Å². The molecule has 0 aliphatic carbocycles. The van der Waals surface area contributed by atoms with E-state index in [0.717, 1.165) is 24.8 Å². The Morgan fingerprint density at radius 1 is 1.11 bits per heavy atom. The molecule has 186 valence electrons. The second kappa shape index (κ2) is 10.2. The lowest BCUT2D eigenvalue weighted by molar-refractivity contribution is -0.124. The highest BCUT2D eigenvalue weighted by atomic mass is 19.1. The van der Waals surface area contributed by atoms with E-state index < -0.39 is 11.7 Å². The zero-order valence-electron chi connectivity index (χ0n) is 20.5. The molecule has 2 heterocycles. The smallest absolute Gasteiger partial charge is 0.294 e. The van der Waals surface area contributed by atoms with Crippen molar-refractivity contribution in [2.75, 3.05) is 34.3 Å². The third-order valence-electron chi connectivity index (χ3n) is 6.65. The number of benzene rings is 2. The van der Waals surface area contributed by atoms with Crippen molar-refractivity contribution >= 4 is 28.5 Å². The Labute approximate surface area is 208 Å². The van der Waals surface area contributed by atoms with Crippen molar-refractivity contribution in [3.63, 3.8) is 0 Å². The predicted octanol–water partition coefficient (Wildman–Crippen LogP) is 3.48. The first-order chi connectivity index (χ1) is 17.2. The molecule has 0 N–H and O–H groups in total. The molecule has 8 nitrogen and oxygen atoms in total. The molecule has 3 aromatic rings. The van der Waals surface area contributed by atoms with Crippen LogP contribution in [-0.2, 0) is 11.2 Å². The number of aromatic nitrogens is 1. The lowest BCUT2D eigenvalue weighted by atomic mass is 9.90. The monoisotopic (exact) mass is 490 g/mol. The van der Waals surface area contributed by atoms with Crippen LogP contribution in [-0.4, -0.2) is 66.3 Å². The molecule has 36 heavy (non-hydrogen) atoms. The van der Waals surface area contributed by atoms with Gasteiger partial charge in [-0.3, -0.25) is 19.0 Å². The summed E-state index contributed by atoms with van der Waals surface area (Å²) in [5.74, 6) is -1.31. The normalized spacial score (nSPS) is 13.9. The maximum absolute atomic E-state index is 13.5. The van der Waals surface area contributed by atoms with Crippen molar-refractivity contribution in [3.05, 3.63) is 65.1 Å². The van der Waals surface area contributed by atoms with E-state index in [1.54, 1.807) is 23.1 Å². The summed E-state index contributed by atoms with van der Waals surface area (Å²) < 4.78 is 19.8. The Morgan fingerprint density at radius 2 is 1.78 bits per heavy atom. The van der Waals surface area contributed by atoms with Gasteiger partial charge in [0.25, 0.3) is 17.6 Å². The summed E-state index contributed by atoms with van der Waals surface area (Å²) in [5.41, 5.74) is 1.77. The minimum absolute atomic E-state index is 0.0555. The van der Waals surface area contributed by atoms with Gasteiger partial charge in [0.15, 0.2) is 6.19 Å². The molecule has 0 radical (unpaired) electrons. The Balaban J connectivity index is 1.59.